The highest BCUT2D eigenvalue weighted by Gasteiger charge is 2.16. The summed E-state index contributed by atoms with van der Waals surface area (Å²) in [5.41, 5.74) is 2.73. The van der Waals surface area contributed by atoms with Crippen molar-refractivity contribution >= 4 is 16.7 Å². The van der Waals surface area contributed by atoms with E-state index in [0.717, 1.165) is 12.0 Å². The lowest BCUT2D eigenvalue weighted by atomic mass is 10.0. The van der Waals surface area contributed by atoms with E-state index in [2.05, 4.69) is 46.7 Å². The third-order valence-electron chi connectivity index (χ3n) is 4.90. The van der Waals surface area contributed by atoms with Gasteiger partial charge in [-0.1, -0.05) is 78.0 Å². The van der Waals surface area contributed by atoms with E-state index < -0.39 is 0 Å². The number of likely N-dealkylation sites (N-methyl/N-ethyl adjacent to an activating group) is 1. The van der Waals surface area contributed by atoms with E-state index in [1.54, 1.807) is 22.8 Å². The van der Waals surface area contributed by atoms with Crippen LogP contribution in [0.2, 0.25) is 0 Å². The van der Waals surface area contributed by atoms with Gasteiger partial charge in [0.15, 0.2) is 5.69 Å². The molecule has 0 saturated heterocycles. The summed E-state index contributed by atoms with van der Waals surface area (Å²) in [7, 11) is 1.80. The monoisotopic (exact) mass is 370 g/mol. The third-order valence-corrected chi connectivity index (χ3v) is 4.90. The molecule has 5 heteroatoms. The van der Waals surface area contributed by atoms with Crippen molar-refractivity contribution in [3.63, 3.8) is 0 Å². The topological polar surface area (TPSA) is 51.0 Å². The van der Waals surface area contributed by atoms with E-state index in [-0.39, 0.29) is 5.91 Å². The van der Waals surface area contributed by atoms with E-state index >= 15 is 0 Å². The Morgan fingerprint density at radius 3 is 2.57 bits per heavy atom. The molecule has 0 N–H and O–H groups in total. The van der Waals surface area contributed by atoms with Gasteiger partial charge >= 0.3 is 0 Å². The van der Waals surface area contributed by atoms with Gasteiger partial charge in [0.05, 0.1) is 12.7 Å². The Kier molecular flexibility index (Phi) is 5.15. The minimum absolute atomic E-state index is 0.111. The zero-order chi connectivity index (χ0) is 19.3. The van der Waals surface area contributed by atoms with Gasteiger partial charge in [0, 0.05) is 13.6 Å². The molecule has 0 spiro atoms. The van der Waals surface area contributed by atoms with Gasteiger partial charge in [-0.3, -0.25) is 4.79 Å². The molecule has 0 bridgehead atoms. The van der Waals surface area contributed by atoms with Crippen LogP contribution in [0.4, 0.5) is 0 Å². The Bertz CT molecular complexity index is 1080. The maximum atomic E-state index is 12.7. The van der Waals surface area contributed by atoms with Gasteiger partial charge in [-0.25, -0.2) is 4.68 Å². The Morgan fingerprint density at radius 1 is 0.964 bits per heavy atom. The van der Waals surface area contributed by atoms with Crippen molar-refractivity contribution < 1.29 is 4.79 Å². The van der Waals surface area contributed by atoms with Crippen molar-refractivity contribution in [1.29, 1.82) is 0 Å². The van der Waals surface area contributed by atoms with Gasteiger partial charge in [-0.15, -0.1) is 5.10 Å². The molecule has 4 aromatic rings. The highest BCUT2D eigenvalue weighted by Crippen LogP contribution is 2.19. The molecule has 0 saturated carbocycles. The number of benzene rings is 3. The van der Waals surface area contributed by atoms with Crippen molar-refractivity contribution in [2.45, 2.75) is 13.0 Å². The van der Waals surface area contributed by atoms with Crippen LogP contribution >= 0.6 is 0 Å². The Labute approximate surface area is 164 Å². The van der Waals surface area contributed by atoms with E-state index in [0.29, 0.717) is 18.8 Å². The quantitative estimate of drug-likeness (QED) is 0.519. The molecule has 28 heavy (non-hydrogen) atoms. The third kappa shape index (κ3) is 3.93. The molecule has 1 amide bonds. The van der Waals surface area contributed by atoms with E-state index in [1.807, 2.05) is 36.4 Å². The van der Waals surface area contributed by atoms with Crippen molar-refractivity contribution in [1.82, 2.24) is 19.9 Å². The number of fused-ring (bicyclic) bond motifs is 1. The maximum absolute atomic E-state index is 12.7. The minimum atomic E-state index is -0.111. The molecule has 0 atom stereocenters. The molecular weight excluding hydrogens is 348 g/mol. The number of hydrogen-bond acceptors (Lipinski definition) is 3. The van der Waals surface area contributed by atoms with Gasteiger partial charge < -0.3 is 4.90 Å². The summed E-state index contributed by atoms with van der Waals surface area (Å²) in [6.45, 7) is 1.22. The van der Waals surface area contributed by atoms with E-state index in [9.17, 15) is 4.79 Å². The fraction of sp³-hybridized carbons (Fsp3) is 0.174. The first-order chi connectivity index (χ1) is 13.7. The SMILES string of the molecule is CN(CCc1ccccc1)C(=O)c1cn(Cc2cccc3ccccc23)nn1. The Balaban J connectivity index is 1.44. The van der Waals surface area contributed by atoms with Crippen LogP contribution in [0.15, 0.2) is 79.0 Å². The molecule has 140 valence electrons. The molecule has 0 aliphatic rings. The molecule has 0 aliphatic carbocycles. The van der Waals surface area contributed by atoms with E-state index in [4.69, 9.17) is 0 Å². The van der Waals surface area contributed by atoms with Gasteiger partial charge in [0.1, 0.15) is 0 Å². The first-order valence-electron chi connectivity index (χ1n) is 9.37. The van der Waals surface area contributed by atoms with Gasteiger partial charge in [-0.05, 0) is 28.3 Å². The molecule has 0 fully saturated rings. The average molecular weight is 370 g/mol. The Morgan fingerprint density at radius 2 is 1.71 bits per heavy atom. The van der Waals surface area contributed by atoms with Gasteiger partial charge in [0.2, 0.25) is 0 Å². The number of hydrogen-bond donors (Lipinski definition) is 0. The first kappa shape index (κ1) is 17.9. The highest BCUT2D eigenvalue weighted by molar-refractivity contribution is 5.91. The summed E-state index contributed by atoms with van der Waals surface area (Å²) in [6.07, 6.45) is 2.54. The number of amides is 1. The number of nitrogens with zero attached hydrogens (tertiary/aromatic N) is 4. The normalized spacial score (nSPS) is 10.9. The molecule has 0 radical (unpaired) electrons. The van der Waals surface area contributed by atoms with Crippen molar-refractivity contribution in [3.8, 4) is 0 Å². The predicted molar refractivity (Wildman–Crippen MR) is 110 cm³/mol. The van der Waals surface area contributed by atoms with Gasteiger partial charge in [-0.2, -0.15) is 0 Å². The number of rotatable bonds is 6. The molecule has 4 rings (SSSR count). The van der Waals surface area contributed by atoms with Crippen LogP contribution in [0.5, 0.6) is 0 Å². The molecule has 5 nitrogen and oxygen atoms in total. The average Bonchev–Trinajstić information content (AvgIpc) is 3.21. The second kappa shape index (κ2) is 8.05. The zero-order valence-electron chi connectivity index (χ0n) is 15.8. The number of aromatic nitrogens is 3. The van der Waals surface area contributed by atoms with Crippen LogP contribution in [-0.2, 0) is 13.0 Å². The van der Waals surface area contributed by atoms with Crippen LogP contribution in [0.1, 0.15) is 21.6 Å². The van der Waals surface area contributed by atoms with Crippen LogP contribution in [-0.4, -0.2) is 39.4 Å². The fourth-order valence-corrected chi connectivity index (χ4v) is 3.32. The second-order valence-electron chi connectivity index (χ2n) is 6.90. The minimum Gasteiger partial charge on any atom is -0.340 e. The summed E-state index contributed by atoms with van der Waals surface area (Å²) in [5.74, 6) is -0.111. The fourth-order valence-electron chi connectivity index (χ4n) is 3.32. The lowest BCUT2D eigenvalue weighted by Crippen LogP contribution is -2.29. The summed E-state index contributed by atoms with van der Waals surface area (Å²) < 4.78 is 1.72. The van der Waals surface area contributed by atoms with Gasteiger partial charge in [0.25, 0.3) is 5.91 Å². The lowest BCUT2D eigenvalue weighted by Gasteiger charge is -2.15. The van der Waals surface area contributed by atoms with Crippen LogP contribution in [0.3, 0.4) is 0 Å². The van der Waals surface area contributed by atoms with Crippen LogP contribution in [0, 0.1) is 0 Å². The first-order valence-corrected chi connectivity index (χ1v) is 9.37. The summed E-state index contributed by atoms with van der Waals surface area (Å²) in [4.78, 5) is 14.3. The zero-order valence-corrected chi connectivity index (χ0v) is 15.8. The Hall–Kier alpha value is -3.47. The van der Waals surface area contributed by atoms with Crippen molar-refractivity contribution in [2.24, 2.45) is 0 Å². The predicted octanol–water partition coefficient (Wildman–Crippen LogP) is 3.79. The van der Waals surface area contributed by atoms with Crippen LogP contribution < -0.4 is 0 Å². The second-order valence-corrected chi connectivity index (χ2v) is 6.90. The number of carbonyl (C=O) groups is 1. The lowest BCUT2D eigenvalue weighted by molar-refractivity contribution is 0.0790. The number of carbonyl (C=O) groups excluding carboxylic acids is 1. The van der Waals surface area contributed by atoms with Crippen molar-refractivity contribution in [2.75, 3.05) is 13.6 Å². The molecule has 0 unspecified atom stereocenters. The molecular formula is C23H22N4O. The summed E-state index contributed by atoms with van der Waals surface area (Å²) in [5, 5.41) is 10.6. The largest absolute Gasteiger partial charge is 0.340 e. The maximum Gasteiger partial charge on any atom is 0.275 e. The smallest absolute Gasteiger partial charge is 0.275 e. The van der Waals surface area contributed by atoms with Crippen LogP contribution in [0.25, 0.3) is 10.8 Å². The highest BCUT2D eigenvalue weighted by atomic mass is 16.2. The molecule has 3 aromatic carbocycles. The molecule has 1 heterocycles. The van der Waals surface area contributed by atoms with E-state index in [1.165, 1.54) is 16.3 Å². The molecule has 1 aromatic heterocycles. The van der Waals surface area contributed by atoms with Crippen molar-refractivity contribution in [3.05, 3.63) is 95.8 Å². The summed E-state index contributed by atoms with van der Waals surface area (Å²) in [6, 6.07) is 24.6. The standard InChI is InChI=1S/C23H22N4O/c1-26(15-14-18-8-3-2-4-9-18)23(28)22-17-27(25-24-22)16-20-12-7-11-19-10-5-6-13-21(19)20/h2-13,17H,14-16H2,1H3. The molecule has 0 aliphatic heterocycles. The summed E-state index contributed by atoms with van der Waals surface area (Å²) >= 11 is 0.